The van der Waals surface area contributed by atoms with Crippen LogP contribution in [0.15, 0.2) is 18.2 Å². The average molecular weight is 295 g/mol. The number of nitro groups is 1. The minimum absolute atomic E-state index is 0.135. The summed E-state index contributed by atoms with van der Waals surface area (Å²) >= 11 is 0. The van der Waals surface area contributed by atoms with Crippen molar-refractivity contribution in [3.63, 3.8) is 0 Å². The fourth-order valence-corrected chi connectivity index (χ4v) is 2.26. The number of nitrogens with zero attached hydrogens (tertiary/aromatic N) is 2. The van der Waals surface area contributed by atoms with Gasteiger partial charge in [0.1, 0.15) is 11.4 Å². The van der Waals surface area contributed by atoms with Crippen LogP contribution in [0.2, 0.25) is 0 Å². The van der Waals surface area contributed by atoms with Gasteiger partial charge in [0.05, 0.1) is 11.5 Å². The van der Waals surface area contributed by atoms with Gasteiger partial charge in [-0.2, -0.15) is 0 Å². The van der Waals surface area contributed by atoms with Crippen LogP contribution in [-0.2, 0) is 4.74 Å². The molecule has 0 aliphatic rings. The van der Waals surface area contributed by atoms with E-state index in [4.69, 9.17) is 4.74 Å². The predicted molar refractivity (Wildman–Crippen MR) is 86.2 cm³/mol. The van der Waals surface area contributed by atoms with Crippen LogP contribution in [0.3, 0.4) is 0 Å². The van der Waals surface area contributed by atoms with Crippen molar-refractivity contribution in [2.75, 3.05) is 43.6 Å². The molecule has 118 valence electrons. The van der Waals surface area contributed by atoms with E-state index in [0.29, 0.717) is 37.0 Å². The van der Waals surface area contributed by atoms with Crippen LogP contribution in [0.4, 0.5) is 17.1 Å². The maximum absolute atomic E-state index is 11.5. The highest BCUT2D eigenvalue weighted by Crippen LogP contribution is 2.35. The third-order valence-electron chi connectivity index (χ3n) is 3.06. The highest BCUT2D eigenvalue weighted by Gasteiger charge is 2.23. The van der Waals surface area contributed by atoms with Crippen LogP contribution in [0.1, 0.15) is 20.8 Å². The molecule has 0 atom stereocenters. The monoisotopic (exact) mass is 295 g/mol. The van der Waals surface area contributed by atoms with Crippen LogP contribution in [0, 0.1) is 16.0 Å². The van der Waals surface area contributed by atoms with E-state index < -0.39 is 0 Å². The van der Waals surface area contributed by atoms with Crippen molar-refractivity contribution in [3.8, 4) is 0 Å². The molecule has 0 saturated carbocycles. The van der Waals surface area contributed by atoms with Gasteiger partial charge in [-0.05, 0) is 25.0 Å². The summed E-state index contributed by atoms with van der Waals surface area (Å²) in [5.74, 6) is 0.407. The van der Waals surface area contributed by atoms with Crippen molar-refractivity contribution in [2.45, 2.75) is 20.8 Å². The molecule has 0 heterocycles. The first-order valence-corrected chi connectivity index (χ1v) is 7.26. The van der Waals surface area contributed by atoms with Crippen molar-refractivity contribution >= 4 is 17.1 Å². The first kappa shape index (κ1) is 17.2. The van der Waals surface area contributed by atoms with Gasteiger partial charge in [0.15, 0.2) is 0 Å². The molecule has 0 aromatic heterocycles. The lowest BCUT2D eigenvalue weighted by Gasteiger charge is -2.26. The number of methoxy groups -OCH3 is 1. The minimum Gasteiger partial charge on any atom is -0.383 e. The van der Waals surface area contributed by atoms with Gasteiger partial charge in [-0.1, -0.05) is 19.9 Å². The standard InChI is InChI=1S/C15H25N3O3/c1-5-16-13-7-6-8-14(15(13)18(19)20)17(9-10-21-4)11-12(2)3/h6-8,12,16H,5,9-11H2,1-4H3. The molecule has 0 spiro atoms. The Kier molecular flexibility index (Phi) is 6.94. The summed E-state index contributed by atoms with van der Waals surface area (Å²) < 4.78 is 5.13. The van der Waals surface area contributed by atoms with E-state index in [0.717, 1.165) is 6.54 Å². The fraction of sp³-hybridized carbons (Fsp3) is 0.600. The van der Waals surface area contributed by atoms with E-state index in [1.807, 2.05) is 17.9 Å². The van der Waals surface area contributed by atoms with Crippen LogP contribution < -0.4 is 10.2 Å². The summed E-state index contributed by atoms with van der Waals surface area (Å²) in [6, 6.07) is 5.40. The zero-order valence-electron chi connectivity index (χ0n) is 13.3. The molecule has 0 aliphatic carbocycles. The van der Waals surface area contributed by atoms with Crippen molar-refractivity contribution in [1.29, 1.82) is 0 Å². The lowest BCUT2D eigenvalue weighted by molar-refractivity contribution is -0.383. The van der Waals surface area contributed by atoms with Crippen molar-refractivity contribution in [3.05, 3.63) is 28.3 Å². The number of para-hydroxylation sites is 1. The molecule has 21 heavy (non-hydrogen) atoms. The number of anilines is 2. The number of hydrogen-bond acceptors (Lipinski definition) is 5. The maximum atomic E-state index is 11.5. The summed E-state index contributed by atoms with van der Waals surface area (Å²) in [4.78, 5) is 13.2. The molecular weight excluding hydrogens is 270 g/mol. The Hall–Kier alpha value is -1.82. The van der Waals surface area contributed by atoms with Gasteiger partial charge in [-0.15, -0.1) is 0 Å². The Morgan fingerprint density at radius 3 is 2.67 bits per heavy atom. The van der Waals surface area contributed by atoms with E-state index in [2.05, 4.69) is 19.2 Å². The normalized spacial score (nSPS) is 10.7. The highest BCUT2D eigenvalue weighted by atomic mass is 16.6. The minimum atomic E-state index is -0.312. The smallest absolute Gasteiger partial charge is 0.315 e. The lowest BCUT2D eigenvalue weighted by atomic mass is 10.1. The molecular formula is C15H25N3O3. The summed E-state index contributed by atoms with van der Waals surface area (Å²) in [6.45, 7) is 8.68. The van der Waals surface area contributed by atoms with Gasteiger partial charge in [0.2, 0.25) is 0 Å². The Bertz CT molecular complexity index is 463. The number of rotatable bonds is 9. The SMILES string of the molecule is CCNc1cccc(N(CCOC)CC(C)C)c1[N+](=O)[O-]. The number of nitrogens with one attached hydrogen (secondary N) is 1. The number of nitro benzene ring substituents is 1. The van der Waals surface area contributed by atoms with Gasteiger partial charge in [-0.3, -0.25) is 10.1 Å². The van der Waals surface area contributed by atoms with Crippen LogP contribution in [0.5, 0.6) is 0 Å². The number of benzene rings is 1. The van der Waals surface area contributed by atoms with E-state index >= 15 is 0 Å². The molecule has 6 nitrogen and oxygen atoms in total. The second kappa shape index (κ2) is 8.46. The molecule has 1 rings (SSSR count). The van der Waals surface area contributed by atoms with Crippen LogP contribution in [-0.4, -0.2) is 38.3 Å². The second-order valence-corrected chi connectivity index (χ2v) is 5.29. The molecule has 0 saturated heterocycles. The number of hydrogen-bond donors (Lipinski definition) is 1. The molecule has 0 amide bonds. The molecule has 6 heteroatoms. The molecule has 0 bridgehead atoms. The fourth-order valence-electron chi connectivity index (χ4n) is 2.26. The zero-order chi connectivity index (χ0) is 15.8. The molecule has 0 aliphatic heterocycles. The first-order valence-electron chi connectivity index (χ1n) is 7.26. The van der Waals surface area contributed by atoms with Crippen molar-refractivity contribution in [1.82, 2.24) is 0 Å². The third kappa shape index (κ3) is 4.90. The van der Waals surface area contributed by atoms with Crippen molar-refractivity contribution in [2.24, 2.45) is 5.92 Å². The van der Waals surface area contributed by atoms with Crippen molar-refractivity contribution < 1.29 is 9.66 Å². The zero-order valence-corrected chi connectivity index (χ0v) is 13.3. The summed E-state index contributed by atoms with van der Waals surface area (Å²) in [5.41, 5.74) is 1.34. The van der Waals surface area contributed by atoms with E-state index in [1.54, 1.807) is 19.2 Å². The summed E-state index contributed by atoms with van der Waals surface area (Å²) in [7, 11) is 1.64. The quantitative estimate of drug-likeness (QED) is 0.560. The Morgan fingerprint density at radius 1 is 1.43 bits per heavy atom. The topological polar surface area (TPSA) is 67.6 Å². The molecule has 0 radical (unpaired) electrons. The van der Waals surface area contributed by atoms with Crippen LogP contribution >= 0.6 is 0 Å². The summed E-state index contributed by atoms with van der Waals surface area (Å²) in [6.07, 6.45) is 0. The Morgan fingerprint density at radius 2 is 2.14 bits per heavy atom. The third-order valence-corrected chi connectivity index (χ3v) is 3.06. The average Bonchev–Trinajstić information content (AvgIpc) is 2.43. The summed E-state index contributed by atoms with van der Waals surface area (Å²) in [5, 5.41) is 14.6. The van der Waals surface area contributed by atoms with E-state index in [-0.39, 0.29) is 10.6 Å². The highest BCUT2D eigenvalue weighted by molar-refractivity contribution is 5.77. The van der Waals surface area contributed by atoms with Gasteiger partial charge < -0.3 is 15.0 Å². The van der Waals surface area contributed by atoms with Gasteiger partial charge in [0.25, 0.3) is 0 Å². The molecule has 1 aromatic rings. The maximum Gasteiger partial charge on any atom is 0.315 e. The first-order chi connectivity index (χ1) is 10.0. The molecule has 1 aromatic carbocycles. The van der Waals surface area contributed by atoms with E-state index in [1.165, 1.54) is 0 Å². The second-order valence-electron chi connectivity index (χ2n) is 5.29. The molecule has 0 unspecified atom stereocenters. The number of ether oxygens (including phenoxy) is 1. The largest absolute Gasteiger partial charge is 0.383 e. The van der Waals surface area contributed by atoms with Crippen LogP contribution in [0.25, 0.3) is 0 Å². The lowest BCUT2D eigenvalue weighted by Crippen LogP contribution is -2.31. The van der Waals surface area contributed by atoms with Gasteiger partial charge in [0, 0.05) is 26.7 Å². The van der Waals surface area contributed by atoms with E-state index in [9.17, 15) is 10.1 Å². The molecule has 1 N–H and O–H groups in total. The predicted octanol–water partition coefficient (Wildman–Crippen LogP) is 3.14. The van der Waals surface area contributed by atoms with Gasteiger partial charge >= 0.3 is 5.69 Å². The Balaban J connectivity index is 3.21. The van der Waals surface area contributed by atoms with Gasteiger partial charge in [-0.25, -0.2) is 0 Å². The molecule has 0 fully saturated rings. The Labute approximate surface area is 126 Å².